The molecule has 0 saturated heterocycles. The van der Waals surface area contributed by atoms with E-state index in [1.54, 1.807) is 0 Å². The van der Waals surface area contributed by atoms with Crippen LogP contribution in [0.1, 0.15) is 55.0 Å². The van der Waals surface area contributed by atoms with Crippen molar-refractivity contribution in [3.63, 3.8) is 0 Å². The Labute approximate surface area is 322 Å². The predicted molar refractivity (Wildman–Crippen MR) is 189 cm³/mol. The van der Waals surface area contributed by atoms with Crippen molar-refractivity contribution >= 4 is 40.3 Å². The van der Waals surface area contributed by atoms with E-state index in [2.05, 4.69) is 41.1 Å². The summed E-state index contributed by atoms with van der Waals surface area (Å²) in [7, 11) is 0. The highest BCUT2D eigenvalue weighted by atomic mass is 19.4. The number of hydrogen-bond donors (Lipinski definition) is 3. The topological polar surface area (TPSA) is 116 Å². The molecular weight excluding hydrogens is 790 g/mol. The van der Waals surface area contributed by atoms with Crippen LogP contribution in [-0.4, -0.2) is 28.6 Å². The van der Waals surface area contributed by atoms with Crippen molar-refractivity contribution in [1.29, 1.82) is 0 Å². The van der Waals surface area contributed by atoms with Crippen LogP contribution in [0.4, 0.5) is 66.7 Å². The Bertz CT molecular complexity index is 2440. The maximum absolute atomic E-state index is 13.4. The van der Waals surface area contributed by atoms with Crippen molar-refractivity contribution < 1.29 is 53.5 Å². The van der Waals surface area contributed by atoms with E-state index in [1.165, 1.54) is 38.1 Å². The third-order valence-corrected chi connectivity index (χ3v) is 8.90. The Balaban J connectivity index is 0.000000221. The molecular formula is C38H26F10N8O2. The number of carbonyl (C=O) groups excluding carboxylic acids is 2. The van der Waals surface area contributed by atoms with Gasteiger partial charge in [-0.15, -0.1) is 0 Å². The lowest BCUT2D eigenvalue weighted by Gasteiger charge is -2.23. The molecule has 3 atom stereocenters. The maximum atomic E-state index is 13.4. The zero-order chi connectivity index (χ0) is 42.8. The van der Waals surface area contributed by atoms with Gasteiger partial charge in [0, 0.05) is 29.8 Å². The third kappa shape index (κ3) is 9.23. The Kier molecular flexibility index (Phi) is 11.6. The molecule has 2 aliphatic rings. The molecule has 0 saturated carbocycles. The fraction of sp³-hybridized carbons (Fsp3) is 0.237. The summed E-state index contributed by atoms with van der Waals surface area (Å²) in [6.07, 6.45) is -9.49. The lowest BCUT2D eigenvalue weighted by atomic mass is 9.91. The minimum atomic E-state index is -4.75. The normalized spacial score (nSPS) is 19.8. The van der Waals surface area contributed by atoms with Crippen LogP contribution in [-0.2, 0) is 21.9 Å². The highest BCUT2D eigenvalue weighted by Crippen LogP contribution is 2.41. The standard InChI is InChI=1S/2C19H13F5N4O/c2*1-18(9-16(27-28-18)10-3-5-13(20)14(21)7-10)17(29)26-11-4-6-15(25-2)12(8-11)19(22,23)24/h3-8,28H,9H2,1H3,(H,26,29);3-8,16H,9H2,1H3,(H,26,29). The van der Waals surface area contributed by atoms with E-state index in [-0.39, 0.29) is 29.8 Å². The van der Waals surface area contributed by atoms with E-state index in [4.69, 9.17) is 13.1 Å². The van der Waals surface area contributed by atoms with E-state index in [9.17, 15) is 53.5 Å². The van der Waals surface area contributed by atoms with E-state index in [1.807, 2.05) is 0 Å². The van der Waals surface area contributed by atoms with Crippen molar-refractivity contribution in [3.8, 4) is 0 Å². The second kappa shape index (κ2) is 16.0. The number of rotatable bonds is 6. The van der Waals surface area contributed by atoms with E-state index in [0.717, 1.165) is 36.4 Å². The van der Waals surface area contributed by atoms with E-state index < -0.39 is 87.1 Å². The summed E-state index contributed by atoms with van der Waals surface area (Å²) in [5, 5.41) is 16.5. The number of halogens is 10. The van der Waals surface area contributed by atoms with Gasteiger partial charge in [-0.3, -0.25) is 15.0 Å². The average Bonchev–Trinajstić information content (AvgIpc) is 3.78. The maximum Gasteiger partial charge on any atom is 0.407 e. The molecule has 0 radical (unpaired) electrons. The van der Waals surface area contributed by atoms with Gasteiger partial charge in [0.2, 0.25) is 0 Å². The lowest BCUT2D eigenvalue weighted by Crippen LogP contribution is -2.47. The van der Waals surface area contributed by atoms with Crippen molar-refractivity contribution in [2.24, 2.45) is 15.3 Å². The molecule has 2 heterocycles. The number of benzene rings is 4. The van der Waals surface area contributed by atoms with Gasteiger partial charge < -0.3 is 10.6 Å². The second-order valence-corrected chi connectivity index (χ2v) is 13.3. The molecule has 3 N–H and O–H groups in total. The van der Waals surface area contributed by atoms with Gasteiger partial charge in [-0.2, -0.15) is 41.7 Å². The third-order valence-electron chi connectivity index (χ3n) is 8.90. The number of hydrogen-bond acceptors (Lipinski definition) is 6. The first-order valence-corrected chi connectivity index (χ1v) is 16.5. The van der Waals surface area contributed by atoms with Gasteiger partial charge in [0.15, 0.2) is 40.2 Å². The van der Waals surface area contributed by atoms with Crippen molar-refractivity contribution in [3.05, 3.63) is 141 Å². The average molecular weight is 817 g/mol. The molecule has 2 aliphatic heterocycles. The number of azo groups is 1. The fourth-order valence-corrected chi connectivity index (χ4v) is 5.69. The Morgan fingerprint density at radius 1 is 0.724 bits per heavy atom. The number of nitrogens with one attached hydrogen (secondary N) is 3. The summed E-state index contributed by atoms with van der Waals surface area (Å²) in [6, 6.07) is 11.4. The van der Waals surface area contributed by atoms with Gasteiger partial charge >= 0.3 is 12.4 Å². The minimum Gasteiger partial charge on any atom is -0.324 e. The first kappa shape index (κ1) is 42.3. The van der Waals surface area contributed by atoms with Crippen molar-refractivity contribution in [2.75, 3.05) is 10.6 Å². The van der Waals surface area contributed by atoms with E-state index >= 15 is 0 Å². The highest BCUT2D eigenvalue weighted by molar-refractivity contribution is 6.09. The number of anilines is 2. The second-order valence-electron chi connectivity index (χ2n) is 13.3. The minimum absolute atomic E-state index is 0.00380. The Hall–Kier alpha value is -6.83. The predicted octanol–water partition coefficient (Wildman–Crippen LogP) is 10.5. The summed E-state index contributed by atoms with van der Waals surface area (Å²) >= 11 is 0. The smallest absolute Gasteiger partial charge is 0.324 e. The molecule has 0 fully saturated rings. The zero-order valence-electron chi connectivity index (χ0n) is 29.8. The van der Waals surface area contributed by atoms with Crippen molar-refractivity contribution in [1.82, 2.24) is 5.43 Å². The monoisotopic (exact) mass is 816 g/mol. The quantitative estimate of drug-likeness (QED) is 0.133. The molecule has 20 heteroatoms. The van der Waals surface area contributed by atoms with Gasteiger partial charge in [-0.1, -0.05) is 18.2 Å². The number of alkyl halides is 6. The summed E-state index contributed by atoms with van der Waals surface area (Å²) in [6.45, 7) is 16.6. The molecule has 0 aliphatic carbocycles. The van der Waals surface area contributed by atoms with Crippen LogP contribution in [0.5, 0.6) is 0 Å². The van der Waals surface area contributed by atoms with Crippen molar-refractivity contribution in [2.45, 2.75) is 56.2 Å². The number of carbonyl (C=O) groups is 2. The number of nitrogens with zero attached hydrogens (tertiary/aromatic N) is 5. The van der Waals surface area contributed by atoms with Crippen LogP contribution in [0.25, 0.3) is 9.69 Å². The Morgan fingerprint density at radius 3 is 1.74 bits per heavy atom. The van der Waals surface area contributed by atoms with Crippen LogP contribution in [0.15, 0.2) is 88.1 Å². The molecule has 2 amide bonds. The van der Waals surface area contributed by atoms with Gasteiger partial charge in [0.1, 0.15) is 5.54 Å². The first-order valence-electron chi connectivity index (χ1n) is 16.5. The summed E-state index contributed by atoms with van der Waals surface area (Å²) in [4.78, 5) is 30.9. The number of amides is 2. The van der Waals surface area contributed by atoms with Crippen LogP contribution in [0.3, 0.4) is 0 Å². The lowest BCUT2D eigenvalue weighted by molar-refractivity contribution is -0.137. The molecule has 4 aromatic rings. The zero-order valence-corrected chi connectivity index (χ0v) is 29.8. The molecule has 0 spiro atoms. The first-order chi connectivity index (χ1) is 27.1. The summed E-state index contributed by atoms with van der Waals surface area (Å²) in [5.41, 5.74) is -3.03. The fourth-order valence-electron chi connectivity index (χ4n) is 5.69. The van der Waals surface area contributed by atoms with Gasteiger partial charge in [0.25, 0.3) is 11.8 Å². The van der Waals surface area contributed by atoms with Gasteiger partial charge in [0.05, 0.1) is 36.0 Å². The largest absolute Gasteiger partial charge is 0.407 e. The summed E-state index contributed by atoms with van der Waals surface area (Å²) in [5.74, 6) is -5.56. The highest BCUT2D eigenvalue weighted by Gasteiger charge is 2.42. The molecule has 0 aromatic heterocycles. The summed E-state index contributed by atoms with van der Waals surface area (Å²) < 4.78 is 132. The SMILES string of the molecule is [C-]#[N+]c1ccc(NC(=O)C2(C)CC(c3ccc(F)c(F)c3)=NN2)cc1C(F)(F)F.[C-]#[N+]c1ccc(NC(=O)C2(C)CC(c3ccc(F)c(F)c3)N=N2)cc1C(F)(F)F. The van der Waals surface area contributed by atoms with Crippen LogP contribution < -0.4 is 16.1 Å². The van der Waals surface area contributed by atoms with Gasteiger partial charge in [-0.25, -0.2) is 27.3 Å². The molecule has 300 valence electrons. The number of hydrazone groups is 1. The molecule has 6 rings (SSSR count). The van der Waals surface area contributed by atoms with E-state index in [0.29, 0.717) is 23.4 Å². The molecule has 10 nitrogen and oxygen atoms in total. The Morgan fingerprint density at radius 2 is 1.24 bits per heavy atom. The van der Waals surface area contributed by atoms with Gasteiger partial charge in [-0.05, 0) is 74.0 Å². The van der Waals surface area contributed by atoms with Crippen LogP contribution in [0.2, 0.25) is 0 Å². The molecule has 0 bridgehead atoms. The molecule has 58 heavy (non-hydrogen) atoms. The molecule has 3 unspecified atom stereocenters. The molecule has 4 aromatic carbocycles. The van der Waals surface area contributed by atoms with Crippen LogP contribution >= 0.6 is 0 Å². The van der Waals surface area contributed by atoms with Crippen LogP contribution in [0, 0.1) is 36.4 Å².